The molecule has 0 radical (unpaired) electrons. The van der Waals surface area contributed by atoms with E-state index in [-0.39, 0.29) is 47.4 Å². The van der Waals surface area contributed by atoms with Gasteiger partial charge in [0.25, 0.3) is 10.0 Å². The van der Waals surface area contributed by atoms with Crippen LogP contribution in [0.15, 0.2) is 59.5 Å². The van der Waals surface area contributed by atoms with Crippen LogP contribution in [0.2, 0.25) is 0 Å². The fourth-order valence-corrected chi connectivity index (χ4v) is 5.43. The average Bonchev–Trinajstić information content (AvgIpc) is 3.03. The highest BCUT2D eigenvalue weighted by Gasteiger charge is 2.47. The van der Waals surface area contributed by atoms with Gasteiger partial charge in [-0.25, -0.2) is 8.42 Å². The maximum atomic E-state index is 12.5. The van der Waals surface area contributed by atoms with E-state index in [1.54, 1.807) is 36.4 Å². The highest BCUT2D eigenvalue weighted by atomic mass is 32.2. The van der Waals surface area contributed by atoms with Gasteiger partial charge in [-0.15, -0.1) is 0 Å². The zero-order chi connectivity index (χ0) is 22.7. The first kappa shape index (κ1) is 22.0. The first-order valence-electron chi connectivity index (χ1n) is 10.7. The third kappa shape index (κ3) is 4.67. The Labute approximate surface area is 187 Å². The van der Waals surface area contributed by atoms with E-state index in [2.05, 4.69) is 10.0 Å². The predicted octanol–water partition coefficient (Wildman–Crippen LogP) is 2.99. The normalized spacial score (nSPS) is 20.7. The molecule has 1 saturated heterocycles. The van der Waals surface area contributed by atoms with Gasteiger partial charge in [0.2, 0.25) is 17.7 Å². The molecule has 3 amide bonds. The quantitative estimate of drug-likeness (QED) is 0.623. The molecule has 1 aliphatic heterocycles. The number of amides is 3. The molecule has 0 aromatic heterocycles. The molecule has 0 bridgehead atoms. The molecule has 168 valence electrons. The molecule has 2 unspecified atom stereocenters. The number of rotatable bonds is 7. The van der Waals surface area contributed by atoms with E-state index >= 15 is 0 Å². The Balaban J connectivity index is 1.35. The van der Waals surface area contributed by atoms with Gasteiger partial charge in [-0.05, 0) is 43.2 Å². The zero-order valence-electron chi connectivity index (χ0n) is 17.5. The van der Waals surface area contributed by atoms with Crippen LogP contribution in [-0.4, -0.2) is 37.6 Å². The number of sulfonamides is 1. The van der Waals surface area contributed by atoms with Gasteiger partial charge in [-0.1, -0.05) is 37.1 Å². The van der Waals surface area contributed by atoms with Gasteiger partial charge in [-0.2, -0.15) is 0 Å². The number of nitrogens with one attached hydrogen (secondary N) is 2. The predicted molar refractivity (Wildman–Crippen MR) is 119 cm³/mol. The van der Waals surface area contributed by atoms with Crippen molar-refractivity contribution in [3.63, 3.8) is 0 Å². The van der Waals surface area contributed by atoms with E-state index < -0.39 is 10.0 Å². The van der Waals surface area contributed by atoms with Crippen molar-refractivity contribution in [2.45, 2.75) is 37.0 Å². The Morgan fingerprint density at radius 1 is 0.906 bits per heavy atom. The van der Waals surface area contributed by atoms with Gasteiger partial charge in [-0.3, -0.25) is 24.0 Å². The van der Waals surface area contributed by atoms with Gasteiger partial charge in [0, 0.05) is 18.7 Å². The second-order valence-corrected chi connectivity index (χ2v) is 9.81. The van der Waals surface area contributed by atoms with E-state index in [1.165, 1.54) is 23.1 Å². The van der Waals surface area contributed by atoms with Gasteiger partial charge < -0.3 is 5.32 Å². The molecule has 2 atom stereocenters. The Morgan fingerprint density at radius 2 is 1.53 bits per heavy atom. The molecule has 2 N–H and O–H groups in total. The van der Waals surface area contributed by atoms with Crippen molar-refractivity contribution in [1.29, 1.82) is 0 Å². The summed E-state index contributed by atoms with van der Waals surface area (Å²) in [6, 6.07) is 14.3. The lowest BCUT2D eigenvalue weighted by Gasteiger charge is -2.19. The first-order valence-corrected chi connectivity index (χ1v) is 12.2. The number of nitrogens with zero attached hydrogens (tertiary/aromatic N) is 1. The number of benzene rings is 2. The Morgan fingerprint density at radius 3 is 2.19 bits per heavy atom. The maximum Gasteiger partial charge on any atom is 0.261 e. The Kier molecular flexibility index (Phi) is 6.27. The third-order valence-corrected chi connectivity index (χ3v) is 7.34. The molecule has 9 heteroatoms. The summed E-state index contributed by atoms with van der Waals surface area (Å²) in [7, 11) is -3.75. The van der Waals surface area contributed by atoms with Crippen molar-refractivity contribution in [1.82, 2.24) is 4.90 Å². The summed E-state index contributed by atoms with van der Waals surface area (Å²) in [5, 5.41) is 2.70. The van der Waals surface area contributed by atoms with Crippen LogP contribution >= 0.6 is 0 Å². The van der Waals surface area contributed by atoms with Crippen molar-refractivity contribution < 1.29 is 22.8 Å². The molecule has 1 saturated carbocycles. The summed E-state index contributed by atoms with van der Waals surface area (Å²) in [6.07, 6.45) is 3.38. The number of anilines is 2. The molecule has 2 aromatic rings. The summed E-state index contributed by atoms with van der Waals surface area (Å²) in [5.74, 6) is -1.14. The van der Waals surface area contributed by atoms with E-state index in [0.29, 0.717) is 11.4 Å². The lowest BCUT2D eigenvalue weighted by atomic mass is 9.81. The lowest BCUT2D eigenvalue weighted by molar-refractivity contribution is -0.140. The maximum absolute atomic E-state index is 12.5. The van der Waals surface area contributed by atoms with Crippen molar-refractivity contribution in [3.8, 4) is 0 Å². The minimum absolute atomic E-state index is 0.0170. The fourth-order valence-electron chi connectivity index (χ4n) is 4.36. The molecule has 2 fully saturated rings. The molecule has 2 aliphatic rings. The molecular formula is C23H25N3O5S. The van der Waals surface area contributed by atoms with Crippen LogP contribution in [0.4, 0.5) is 11.4 Å². The first-order chi connectivity index (χ1) is 15.3. The number of imide groups is 1. The number of hydrogen-bond acceptors (Lipinski definition) is 5. The Bertz CT molecular complexity index is 1110. The van der Waals surface area contributed by atoms with E-state index in [4.69, 9.17) is 0 Å². The number of carbonyl (C=O) groups excluding carboxylic acids is 3. The lowest BCUT2D eigenvalue weighted by Crippen LogP contribution is -2.34. The van der Waals surface area contributed by atoms with Gasteiger partial charge in [0.15, 0.2) is 0 Å². The number of fused-ring (bicyclic) bond motifs is 1. The molecule has 1 aliphatic carbocycles. The smallest absolute Gasteiger partial charge is 0.261 e. The van der Waals surface area contributed by atoms with Crippen molar-refractivity contribution in [2.75, 3.05) is 16.6 Å². The van der Waals surface area contributed by atoms with Crippen LogP contribution in [0, 0.1) is 11.8 Å². The average molecular weight is 456 g/mol. The molecule has 8 nitrogen and oxygen atoms in total. The van der Waals surface area contributed by atoms with Crippen LogP contribution < -0.4 is 10.0 Å². The number of hydrogen-bond donors (Lipinski definition) is 2. The van der Waals surface area contributed by atoms with Gasteiger partial charge >= 0.3 is 0 Å². The minimum atomic E-state index is -3.75. The second kappa shape index (κ2) is 9.12. The molecule has 0 spiro atoms. The largest absolute Gasteiger partial charge is 0.326 e. The highest BCUT2D eigenvalue weighted by Crippen LogP contribution is 2.38. The van der Waals surface area contributed by atoms with Crippen LogP contribution in [0.25, 0.3) is 0 Å². The van der Waals surface area contributed by atoms with Crippen LogP contribution in [0.5, 0.6) is 0 Å². The molecular weight excluding hydrogens is 430 g/mol. The minimum Gasteiger partial charge on any atom is -0.326 e. The monoisotopic (exact) mass is 455 g/mol. The van der Waals surface area contributed by atoms with Crippen LogP contribution in [-0.2, 0) is 24.4 Å². The van der Waals surface area contributed by atoms with Gasteiger partial charge in [0.1, 0.15) is 0 Å². The van der Waals surface area contributed by atoms with Crippen LogP contribution in [0.3, 0.4) is 0 Å². The summed E-state index contributed by atoms with van der Waals surface area (Å²) in [4.78, 5) is 38.8. The molecule has 32 heavy (non-hydrogen) atoms. The summed E-state index contributed by atoms with van der Waals surface area (Å²) in [5.41, 5.74) is 0.719. The zero-order valence-corrected chi connectivity index (χ0v) is 18.3. The number of carbonyl (C=O) groups is 3. The summed E-state index contributed by atoms with van der Waals surface area (Å²) < 4.78 is 27.5. The van der Waals surface area contributed by atoms with Crippen molar-refractivity contribution >= 4 is 39.1 Å². The molecule has 1 heterocycles. The second-order valence-electron chi connectivity index (χ2n) is 8.12. The van der Waals surface area contributed by atoms with Gasteiger partial charge in [0.05, 0.1) is 22.4 Å². The van der Waals surface area contributed by atoms with E-state index in [1.807, 2.05) is 0 Å². The van der Waals surface area contributed by atoms with Crippen molar-refractivity contribution in [3.05, 3.63) is 54.6 Å². The molecule has 4 rings (SSSR count). The third-order valence-electron chi connectivity index (χ3n) is 5.95. The van der Waals surface area contributed by atoms with E-state index in [0.717, 1.165) is 25.7 Å². The highest BCUT2D eigenvalue weighted by molar-refractivity contribution is 7.92. The van der Waals surface area contributed by atoms with Crippen LogP contribution in [0.1, 0.15) is 32.1 Å². The summed E-state index contributed by atoms with van der Waals surface area (Å²) >= 11 is 0. The summed E-state index contributed by atoms with van der Waals surface area (Å²) in [6.45, 7) is 0.0524. The SMILES string of the molecule is O=C(CCN1C(=O)C2CCCCC2C1=O)Nc1cccc(NS(=O)(=O)c2ccccc2)c1. The topological polar surface area (TPSA) is 113 Å². The Hall–Kier alpha value is -3.20. The molecule has 2 aromatic carbocycles. The van der Waals surface area contributed by atoms with Crippen molar-refractivity contribution in [2.24, 2.45) is 11.8 Å². The van der Waals surface area contributed by atoms with E-state index in [9.17, 15) is 22.8 Å². The fraction of sp³-hybridized carbons (Fsp3) is 0.348. The number of likely N-dealkylation sites (tertiary alicyclic amines) is 1. The standard InChI is InChI=1S/C23H25N3O5S/c27-21(13-14-26-22(28)19-11-4-5-12-20(19)23(26)29)24-16-7-6-8-17(15-16)25-32(30,31)18-9-2-1-3-10-18/h1-3,6-10,15,19-20,25H,4-5,11-14H2,(H,24,27).